The summed E-state index contributed by atoms with van der Waals surface area (Å²) in [6.45, 7) is 2.63. The number of fused-ring (bicyclic) bond motifs is 1. The van der Waals surface area contributed by atoms with Crippen molar-refractivity contribution < 1.29 is 24.1 Å². The highest BCUT2D eigenvalue weighted by atomic mass is 16.7. The largest absolute Gasteiger partial charge is 0.496 e. The fourth-order valence-corrected chi connectivity index (χ4v) is 3.51. The number of hydrogen-bond acceptors (Lipinski definition) is 8. The molecule has 156 valence electrons. The second-order valence-corrected chi connectivity index (χ2v) is 7.06. The van der Waals surface area contributed by atoms with Crippen LogP contribution < -0.4 is 30.8 Å². The Kier molecular flexibility index (Phi) is 5.31. The number of nitrogens with one attached hydrogen (secondary N) is 2. The van der Waals surface area contributed by atoms with Gasteiger partial charge in [0.2, 0.25) is 6.79 Å². The summed E-state index contributed by atoms with van der Waals surface area (Å²) in [7, 11) is 1.58. The number of benzene rings is 1. The molecule has 0 saturated carbocycles. The summed E-state index contributed by atoms with van der Waals surface area (Å²) in [5.74, 6) is 1.97. The van der Waals surface area contributed by atoms with E-state index in [2.05, 4.69) is 10.3 Å². The highest BCUT2D eigenvalue weighted by molar-refractivity contribution is 5.51. The van der Waals surface area contributed by atoms with E-state index >= 15 is 0 Å². The molecule has 10 heteroatoms. The predicted octanol–water partition coefficient (Wildman–Crippen LogP) is 0.0205. The van der Waals surface area contributed by atoms with Gasteiger partial charge in [-0.3, -0.25) is 14.3 Å². The molecule has 0 unspecified atom stereocenters. The third kappa shape index (κ3) is 3.86. The molecule has 2 aliphatic rings. The Bertz CT molecular complexity index is 1020. The van der Waals surface area contributed by atoms with Crippen molar-refractivity contribution in [1.29, 1.82) is 0 Å². The first-order valence-corrected chi connectivity index (χ1v) is 9.29. The van der Waals surface area contributed by atoms with Crippen molar-refractivity contribution in [3.05, 3.63) is 50.3 Å². The number of aryl methyl sites for hydroxylation is 1. The molecule has 3 atom stereocenters. The standard InChI is InChI=1S/C19H23N3O7/c1-10-8-22(19(25)21-18(10)24)17-4-12(23)16(29-17)7-20-6-11-3-14-15(28-9-27-14)5-13(11)26-2/h3,5,8,12,16-17,20,23H,4,6-7,9H2,1-2H3,(H,21,24,25)/t12-,16+,17+/m0/s1. The van der Waals surface area contributed by atoms with Crippen LogP contribution in [0, 0.1) is 6.92 Å². The van der Waals surface area contributed by atoms with Crippen LogP contribution in [0.3, 0.4) is 0 Å². The van der Waals surface area contributed by atoms with Gasteiger partial charge in [0.05, 0.1) is 19.3 Å². The van der Waals surface area contributed by atoms with Crippen LogP contribution in [0.4, 0.5) is 0 Å². The number of rotatable bonds is 6. The Morgan fingerprint density at radius 1 is 1.31 bits per heavy atom. The Morgan fingerprint density at radius 2 is 2.07 bits per heavy atom. The van der Waals surface area contributed by atoms with Gasteiger partial charge in [0.25, 0.3) is 5.56 Å². The van der Waals surface area contributed by atoms with E-state index in [1.807, 2.05) is 6.07 Å². The van der Waals surface area contributed by atoms with Crippen molar-refractivity contribution in [2.45, 2.75) is 38.3 Å². The summed E-state index contributed by atoms with van der Waals surface area (Å²) in [6.07, 6.45) is -0.180. The summed E-state index contributed by atoms with van der Waals surface area (Å²) in [5.41, 5.74) is 0.296. The van der Waals surface area contributed by atoms with Gasteiger partial charge in [-0.25, -0.2) is 4.79 Å². The number of H-pyrrole nitrogens is 1. The number of aromatic nitrogens is 2. The SMILES string of the molecule is COc1cc2c(cc1CNC[C@H]1O[C@@H](n3cc(C)c(=O)[nH]c3=O)C[C@@H]1O)OCO2. The molecule has 1 aromatic carbocycles. The quantitative estimate of drug-likeness (QED) is 0.615. The summed E-state index contributed by atoms with van der Waals surface area (Å²) in [5, 5.41) is 13.6. The van der Waals surface area contributed by atoms with Crippen LogP contribution >= 0.6 is 0 Å². The maximum atomic E-state index is 12.0. The minimum absolute atomic E-state index is 0.183. The van der Waals surface area contributed by atoms with E-state index < -0.39 is 29.7 Å². The molecule has 0 bridgehead atoms. The van der Waals surface area contributed by atoms with Crippen LogP contribution in [0.1, 0.15) is 23.8 Å². The first-order chi connectivity index (χ1) is 14.0. The maximum absolute atomic E-state index is 12.0. The van der Waals surface area contributed by atoms with Gasteiger partial charge < -0.3 is 29.4 Å². The summed E-state index contributed by atoms with van der Waals surface area (Å²) in [4.78, 5) is 25.8. The van der Waals surface area contributed by atoms with Gasteiger partial charge in [-0.15, -0.1) is 0 Å². The number of ether oxygens (including phenoxy) is 4. The lowest BCUT2D eigenvalue weighted by molar-refractivity contribution is -0.0194. The Hall–Kier alpha value is -2.82. The molecule has 3 N–H and O–H groups in total. The molecule has 10 nitrogen and oxygen atoms in total. The van der Waals surface area contributed by atoms with Crippen molar-refractivity contribution in [1.82, 2.24) is 14.9 Å². The number of hydrogen-bond donors (Lipinski definition) is 3. The van der Waals surface area contributed by atoms with E-state index in [0.717, 1.165) is 5.56 Å². The predicted molar refractivity (Wildman–Crippen MR) is 101 cm³/mol. The average Bonchev–Trinajstić information content (AvgIpc) is 3.30. The summed E-state index contributed by atoms with van der Waals surface area (Å²) in [6, 6.07) is 3.63. The fourth-order valence-electron chi connectivity index (χ4n) is 3.51. The first-order valence-electron chi connectivity index (χ1n) is 9.29. The smallest absolute Gasteiger partial charge is 0.330 e. The van der Waals surface area contributed by atoms with E-state index in [4.69, 9.17) is 18.9 Å². The van der Waals surface area contributed by atoms with E-state index in [0.29, 0.717) is 35.9 Å². The number of aliphatic hydroxyl groups excluding tert-OH is 1. The normalized spacial score (nSPS) is 22.8. The molecule has 1 fully saturated rings. The Labute approximate surface area is 166 Å². The number of aromatic amines is 1. The maximum Gasteiger partial charge on any atom is 0.330 e. The minimum Gasteiger partial charge on any atom is -0.496 e. The van der Waals surface area contributed by atoms with Gasteiger partial charge in [0.15, 0.2) is 11.5 Å². The summed E-state index contributed by atoms with van der Waals surface area (Å²) < 4.78 is 23.3. The minimum atomic E-state index is -0.745. The number of aliphatic hydroxyl groups is 1. The molecule has 0 aliphatic carbocycles. The molecule has 1 aromatic heterocycles. The monoisotopic (exact) mass is 405 g/mol. The van der Waals surface area contributed by atoms with Crippen molar-refractivity contribution in [2.24, 2.45) is 0 Å². The molecule has 2 aliphatic heterocycles. The molecule has 3 heterocycles. The van der Waals surface area contributed by atoms with E-state index in [9.17, 15) is 14.7 Å². The van der Waals surface area contributed by atoms with Crippen LogP contribution in [0.25, 0.3) is 0 Å². The van der Waals surface area contributed by atoms with E-state index in [-0.39, 0.29) is 13.2 Å². The van der Waals surface area contributed by atoms with Gasteiger partial charge in [-0.2, -0.15) is 0 Å². The van der Waals surface area contributed by atoms with Crippen LogP contribution in [0.15, 0.2) is 27.9 Å². The van der Waals surface area contributed by atoms with Crippen LogP contribution in [-0.2, 0) is 11.3 Å². The van der Waals surface area contributed by atoms with Crippen molar-refractivity contribution in [3.8, 4) is 17.2 Å². The number of methoxy groups -OCH3 is 1. The zero-order valence-corrected chi connectivity index (χ0v) is 16.1. The van der Waals surface area contributed by atoms with E-state index in [1.165, 1.54) is 10.8 Å². The molecular formula is C19H23N3O7. The van der Waals surface area contributed by atoms with Crippen molar-refractivity contribution >= 4 is 0 Å². The molecule has 29 heavy (non-hydrogen) atoms. The molecule has 4 rings (SSSR count). The topological polar surface area (TPSA) is 124 Å². The Morgan fingerprint density at radius 3 is 2.83 bits per heavy atom. The molecule has 1 saturated heterocycles. The van der Waals surface area contributed by atoms with Gasteiger partial charge >= 0.3 is 5.69 Å². The molecular weight excluding hydrogens is 382 g/mol. The first kappa shape index (κ1) is 19.5. The van der Waals surface area contributed by atoms with Crippen molar-refractivity contribution in [2.75, 3.05) is 20.4 Å². The highest BCUT2D eigenvalue weighted by Gasteiger charge is 2.35. The van der Waals surface area contributed by atoms with Crippen molar-refractivity contribution in [3.63, 3.8) is 0 Å². The lowest BCUT2D eigenvalue weighted by atomic mass is 10.1. The third-order valence-corrected chi connectivity index (χ3v) is 5.10. The van der Waals surface area contributed by atoms with Gasteiger partial charge in [0.1, 0.15) is 12.0 Å². The number of nitrogens with zero attached hydrogens (tertiary/aromatic N) is 1. The zero-order chi connectivity index (χ0) is 20.5. The summed E-state index contributed by atoms with van der Waals surface area (Å²) >= 11 is 0. The van der Waals surface area contributed by atoms with Crippen LogP contribution in [-0.4, -0.2) is 47.3 Å². The van der Waals surface area contributed by atoms with Gasteiger partial charge in [-0.1, -0.05) is 0 Å². The molecule has 0 radical (unpaired) electrons. The molecule has 2 aromatic rings. The lowest BCUT2D eigenvalue weighted by Crippen LogP contribution is -2.35. The molecule has 0 amide bonds. The van der Waals surface area contributed by atoms with Crippen LogP contribution in [0.5, 0.6) is 17.2 Å². The lowest BCUT2D eigenvalue weighted by Gasteiger charge is -2.17. The van der Waals surface area contributed by atoms with Crippen LogP contribution in [0.2, 0.25) is 0 Å². The average molecular weight is 405 g/mol. The van der Waals surface area contributed by atoms with Gasteiger partial charge in [-0.05, 0) is 13.0 Å². The fraction of sp³-hybridized carbons (Fsp3) is 0.474. The van der Waals surface area contributed by atoms with E-state index in [1.54, 1.807) is 20.1 Å². The second-order valence-electron chi connectivity index (χ2n) is 7.06. The zero-order valence-electron chi connectivity index (χ0n) is 16.1. The highest BCUT2D eigenvalue weighted by Crippen LogP contribution is 2.38. The second kappa shape index (κ2) is 7.90. The molecule has 0 spiro atoms. The van der Waals surface area contributed by atoms with Gasteiger partial charge in [0, 0.05) is 42.9 Å². The third-order valence-electron chi connectivity index (χ3n) is 5.10. The Balaban J connectivity index is 1.39.